The monoisotopic (exact) mass is 344 g/mol. The number of rotatable bonds is 5. The van der Waals surface area contributed by atoms with Crippen LogP contribution in [0.4, 0.5) is 0 Å². The van der Waals surface area contributed by atoms with Crippen molar-refractivity contribution in [1.29, 1.82) is 0 Å². The van der Waals surface area contributed by atoms with Gasteiger partial charge in [-0.2, -0.15) is 0 Å². The van der Waals surface area contributed by atoms with E-state index in [1.165, 1.54) is 56.1 Å². The Balaban J connectivity index is 1.50. The minimum atomic E-state index is 0.948. The minimum Gasteiger partial charge on any atom is -0.0651 e. The molecule has 26 heavy (non-hydrogen) atoms. The summed E-state index contributed by atoms with van der Waals surface area (Å²) in [7, 11) is 0. The summed E-state index contributed by atoms with van der Waals surface area (Å²) < 4.78 is 0. The molecule has 3 rings (SSSR count). The van der Waals surface area contributed by atoms with Crippen molar-refractivity contribution in [2.75, 3.05) is 0 Å². The van der Waals surface area contributed by atoms with E-state index in [2.05, 4.69) is 74.2 Å². The van der Waals surface area contributed by atoms with Crippen molar-refractivity contribution >= 4 is 0 Å². The van der Waals surface area contributed by atoms with Gasteiger partial charge in [0.05, 0.1) is 0 Å². The van der Waals surface area contributed by atoms with E-state index >= 15 is 0 Å². The summed E-state index contributed by atoms with van der Waals surface area (Å²) in [5.74, 6) is 8.52. The highest BCUT2D eigenvalue weighted by Crippen LogP contribution is 2.33. The Morgan fingerprint density at radius 3 is 1.69 bits per heavy atom. The lowest BCUT2D eigenvalue weighted by molar-refractivity contribution is 0.259. The first-order valence-electron chi connectivity index (χ1n) is 10.5. The van der Waals surface area contributed by atoms with Gasteiger partial charge in [-0.05, 0) is 66.5 Å². The zero-order valence-electron chi connectivity index (χ0n) is 16.4. The highest BCUT2D eigenvalue weighted by Gasteiger charge is 2.19. The Kier molecular flexibility index (Phi) is 6.96. The zero-order chi connectivity index (χ0) is 18.2. The quantitative estimate of drug-likeness (QED) is 0.523. The van der Waals surface area contributed by atoms with Crippen LogP contribution >= 0.6 is 0 Å². The second-order valence-electron chi connectivity index (χ2n) is 7.83. The molecule has 0 unspecified atom stereocenters. The number of hydrogen-bond acceptors (Lipinski definition) is 0. The summed E-state index contributed by atoms with van der Waals surface area (Å²) in [6, 6.07) is 17.5. The molecule has 0 nitrogen and oxygen atoms in total. The van der Waals surface area contributed by atoms with Crippen LogP contribution in [0.25, 0.3) is 0 Å². The molecule has 0 radical (unpaired) electrons. The van der Waals surface area contributed by atoms with Crippen molar-refractivity contribution in [3.8, 4) is 11.8 Å². The highest BCUT2D eigenvalue weighted by molar-refractivity contribution is 5.44. The molecule has 0 amide bonds. The molecule has 1 saturated carbocycles. The molecule has 0 heterocycles. The molecule has 0 spiro atoms. The molecule has 0 N–H and O–H groups in total. The van der Waals surface area contributed by atoms with E-state index < -0.39 is 0 Å². The summed E-state index contributed by atoms with van der Waals surface area (Å²) in [5, 5.41) is 0. The van der Waals surface area contributed by atoms with Crippen LogP contribution in [0.2, 0.25) is 0 Å². The number of hydrogen-bond donors (Lipinski definition) is 0. The van der Waals surface area contributed by atoms with Crippen LogP contribution in [-0.4, -0.2) is 0 Å². The smallest absolute Gasteiger partial charge is 0.0249 e. The summed E-state index contributed by atoms with van der Waals surface area (Å²) >= 11 is 0. The normalized spacial score (nSPS) is 19.6. The van der Waals surface area contributed by atoms with Crippen LogP contribution in [0.15, 0.2) is 48.5 Å². The third-order valence-corrected chi connectivity index (χ3v) is 6.05. The van der Waals surface area contributed by atoms with Gasteiger partial charge < -0.3 is 0 Å². The van der Waals surface area contributed by atoms with Gasteiger partial charge in [0.2, 0.25) is 0 Å². The maximum absolute atomic E-state index is 3.29. The molecule has 0 saturated heterocycles. The molecule has 1 fully saturated rings. The SMILES string of the molecule is CCc1ccc(C#Cc2ccc(CC[C@H]3CC[C@H](CC)CC3)cc2)cc1. The standard InChI is InChI=1S/C26H32/c1-3-21-5-9-23(10-6-21)13-15-25-17-19-26(20-18-25)16-14-24-11-7-22(4-2)8-12-24/h5-6,9-10,17-20,22,24H,3-4,7-8,11-12,14,16H2,1-2H3/t22-,24-. The molecule has 0 atom stereocenters. The maximum Gasteiger partial charge on any atom is 0.0249 e. The molecule has 1 aliphatic carbocycles. The van der Waals surface area contributed by atoms with Gasteiger partial charge >= 0.3 is 0 Å². The average molecular weight is 345 g/mol. The topological polar surface area (TPSA) is 0 Å². The Morgan fingerprint density at radius 1 is 0.692 bits per heavy atom. The lowest BCUT2D eigenvalue weighted by atomic mass is 9.78. The van der Waals surface area contributed by atoms with Crippen LogP contribution in [0.5, 0.6) is 0 Å². The van der Waals surface area contributed by atoms with Gasteiger partial charge in [-0.1, -0.05) is 82.1 Å². The van der Waals surface area contributed by atoms with Gasteiger partial charge in [0, 0.05) is 11.1 Å². The van der Waals surface area contributed by atoms with Crippen molar-refractivity contribution < 1.29 is 0 Å². The molecular formula is C26H32. The van der Waals surface area contributed by atoms with E-state index in [0.717, 1.165) is 29.4 Å². The van der Waals surface area contributed by atoms with E-state index in [0.29, 0.717) is 0 Å². The molecule has 2 aromatic rings. The van der Waals surface area contributed by atoms with Crippen molar-refractivity contribution in [3.63, 3.8) is 0 Å². The molecule has 0 heteroatoms. The van der Waals surface area contributed by atoms with Crippen molar-refractivity contribution in [1.82, 2.24) is 0 Å². The summed E-state index contributed by atoms with van der Waals surface area (Å²) in [6.45, 7) is 4.52. The summed E-state index contributed by atoms with van der Waals surface area (Å²) in [5.41, 5.74) is 5.02. The van der Waals surface area contributed by atoms with E-state index in [1.54, 1.807) is 0 Å². The van der Waals surface area contributed by atoms with Crippen molar-refractivity contribution in [2.24, 2.45) is 11.8 Å². The van der Waals surface area contributed by atoms with E-state index in [-0.39, 0.29) is 0 Å². The fraction of sp³-hybridized carbons (Fsp3) is 0.462. The molecule has 0 aliphatic heterocycles. The van der Waals surface area contributed by atoms with Crippen LogP contribution in [0.3, 0.4) is 0 Å². The first kappa shape index (κ1) is 18.8. The predicted octanol–water partition coefficient (Wildman–Crippen LogP) is 6.80. The second-order valence-corrected chi connectivity index (χ2v) is 7.83. The summed E-state index contributed by atoms with van der Waals surface area (Å²) in [4.78, 5) is 0. The fourth-order valence-electron chi connectivity index (χ4n) is 4.02. The second kappa shape index (κ2) is 9.63. The van der Waals surface area contributed by atoms with Crippen molar-refractivity contribution in [3.05, 3.63) is 70.8 Å². The molecule has 2 aromatic carbocycles. The first-order chi connectivity index (χ1) is 12.8. The first-order valence-corrected chi connectivity index (χ1v) is 10.5. The van der Waals surface area contributed by atoms with E-state index in [1.807, 2.05) is 0 Å². The Labute approximate surface area is 160 Å². The predicted molar refractivity (Wildman–Crippen MR) is 112 cm³/mol. The molecular weight excluding hydrogens is 312 g/mol. The minimum absolute atomic E-state index is 0.948. The Hall–Kier alpha value is -2.00. The van der Waals surface area contributed by atoms with Gasteiger partial charge in [-0.25, -0.2) is 0 Å². The molecule has 0 bridgehead atoms. The lowest BCUT2D eigenvalue weighted by Crippen LogP contribution is -2.14. The number of aryl methyl sites for hydroxylation is 2. The third-order valence-electron chi connectivity index (χ3n) is 6.05. The largest absolute Gasteiger partial charge is 0.0651 e. The van der Waals surface area contributed by atoms with Crippen LogP contribution in [-0.2, 0) is 12.8 Å². The molecule has 0 aromatic heterocycles. The highest BCUT2D eigenvalue weighted by atomic mass is 14.2. The van der Waals surface area contributed by atoms with Crippen molar-refractivity contribution in [2.45, 2.75) is 65.2 Å². The van der Waals surface area contributed by atoms with E-state index in [4.69, 9.17) is 0 Å². The molecule has 136 valence electrons. The lowest BCUT2D eigenvalue weighted by Gasteiger charge is -2.27. The van der Waals surface area contributed by atoms with Gasteiger partial charge in [0.15, 0.2) is 0 Å². The van der Waals surface area contributed by atoms with Crippen LogP contribution < -0.4 is 0 Å². The Bertz CT molecular complexity index is 716. The maximum atomic E-state index is 3.29. The van der Waals surface area contributed by atoms with Crippen LogP contribution in [0.1, 0.15) is 74.6 Å². The molecule has 1 aliphatic rings. The third kappa shape index (κ3) is 5.50. The van der Waals surface area contributed by atoms with Gasteiger partial charge in [0.25, 0.3) is 0 Å². The average Bonchev–Trinajstić information content (AvgIpc) is 2.72. The van der Waals surface area contributed by atoms with Gasteiger partial charge in [-0.3, -0.25) is 0 Å². The van der Waals surface area contributed by atoms with E-state index in [9.17, 15) is 0 Å². The van der Waals surface area contributed by atoms with Gasteiger partial charge in [-0.15, -0.1) is 0 Å². The number of benzene rings is 2. The van der Waals surface area contributed by atoms with Gasteiger partial charge in [0.1, 0.15) is 0 Å². The summed E-state index contributed by atoms with van der Waals surface area (Å²) in [6.07, 6.45) is 10.8. The zero-order valence-corrected chi connectivity index (χ0v) is 16.4. The fourth-order valence-corrected chi connectivity index (χ4v) is 4.02. The van der Waals surface area contributed by atoms with Crippen LogP contribution in [0, 0.1) is 23.7 Å². The Morgan fingerprint density at radius 2 is 1.19 bits per heavy atom.